The van der Waals surface area contributed by atoms with Crippen molar-refractivity contribution in [2.24, 2.45) is 4.99 Å². The minimum atomic E-state index is 0.831. The van der Waals surface area contributed by atoms with Gasteiger partial charge in [0.1, 0.15) is 22.3 Å². The highest BCUT2D eigenvalue weighted by Crippen LogP contribution is 2.34. The molecule has 4 heteroatoms. The molecule has 6 rings (SSSR count). The van der Waals surface area contributed by atoms with Crippen LogP contribution in [0.2, 0.25) is 0 Å². The van der Waals surface area contributed by atoms with Crippen molar-refractivity contribution in [2.75, 3.05) is 14.1 Å². The van der Waals surface area contributed by atoms with E-state index >= 15 is 0 Å². The third kappa shape index (κ3) is 3.03. The van der Waals surface area contributed by atoms with Crippen molar-refractivity contribution < 1.29 is 8.83 Å². The zero-order chi connectivity index (χ0) is 22.4. The molecule has 0 saturated carbocycles. The Morgan fingerprint density at radius 1 is 0.667 bits per heavy atom. The third-order valence-corrected chi connectivity index (χ3v) is 6.17. The molecule has 0 aliphatic carbocycles. The zero-order valence-corrected chi connectivity index (χ0v) is 18.4. The summed E-state index contributed by atoms with van der Waals surface area (Å²) < 4.78 is 12.5. The van der Waals surface area contributed by atoms with Gasteiger partial charge in [0.25, 0.3) is 0 Å². The Kier molecular flexibility index (Phi) is 4.51. The van der Waals surface area contributed by atoms with Crippen molar-refractivity contribution in [3.05, 3.63) is 102 Å². The molecule has 0 unspecified atom stereocenters. The molecule has 0 atom stereocenters. The molecular formula is C29H22N2O2. The summed E-state index contributed by atoms with van der Waals surface area (Å²) in [6, 6.07) is 28.7. The van der Waals surface area contributed by atoms with Gasteiger partial charge in [-0.2, -0.15) is 0 Å². The van der Waals surface area contributed by atoms with E-state index in [2.05, 4.69) is 64.9 Å². The number of aliphatic imine (C=N–C) groups is 1. The van der Waals surface area contributed by atoms with E-state index in [4.69, 9.17) is 8.83 Å². The standard InChI is InChI=1S/C29H22N2O2/c1-30-24(22-13-7-11-20-18-9-3-5-15-26(18)32-28(20)22)17-25(31-2)23-14-8-12-21-19-10-4-6-16-27(19)33-29(21)23/h3-17,30H,1-2H3/b24-17-,31-25?. The largest absolute Gasteiger partial charge is 0.455 e. The van der Waals surface area contributed by atoms with Crippen molar-refractivity contribution >= 4 is 55.3 Å². The maximum atomic E-state index is 6.26. The fourth-order valence-corrected chi connectivity index (χ4v) is 4.59. The van der Waals surface area contributed by atoms with Crippen LogP contribution in [0.3, 0.4) is 0 Å². The number of nitrogens with one attached hydrogen (secondary N) is 1. The van der Waals surface area contributed by atoms with Crippen LogP contribution < -0.4 is 5.32 Å². The van der Waals surface area contributed by atoms with Crippen LogP contribution in [0.25, 0.3) is 49.6 Å². The Labute approximate surface area is 190 Å². The normalized spacial score (nSPS) is 12.9. The lowest BCUT2D eigenvalue weighted by atomic mass is 10.0. The van der Waals surface area contributed by atoms with Crippen molar-refractivity contribution in [3.63, 3.8) is 0 Å². The van der Waals surface area contributed by atoms with Gasteiger partial charge < -0.3 is 14.2 Å². The molecule has 0 aliphatic heterocycles. The molecule has 1 N–H and O–H groups in total. The molecule has 0 radical (unpaired) electrons. The second-order valence-corrected chi connectivity index (χ2v) is 7.98. The van der Waals surface area contributed by atoms with Crippen molar-refractivity contribution in [3.8, 4) is 0 Å². The number of hydrogen-bond acceptors (Lipinski definition) is 4. The van der Waals surface area contributed by atoms with Crippen LogP contribution in [0, 0.1) is 0 Å². The lowest BCUT2D eigenvalue weighted by molar-refractivity contribution is 0.667. The highest BCUT2D eigenvalue weighted by molar-refractivity contribution is 6.21. The van der Waals surface area contributed by atoms with Gasteiger partial charge in [0, 0.05) is 52.5 Å². The van der Waals surface area contributed by atoms with E-state index < -0.39 is 0 Å². The second kappa shape index (κ2) is 7.68. The molecule has 2 aromatic heterocycles. The van der Waals surface area contributed by atoms with Crippen molar-refractivity contribution in [2.45, 2.75) is 0 Å². The first-order chi connectivity index (χ1) is 16.3. The summed E-state index contributed by atoms with van der Waals surface area (Å²) in [6.07, 6.45) is 2.06. The van der Waals surface area contributed by atoms with Gasteiger partial charge in [-0.05, 0) is 30.3 Å². The maximum Gasteiger partial charge on any atom is 0.144 e. The summed E-state index contributed by atoms with van der Waals surface area (Å²) in [5.74, 6) is 0. The Balaban J connectivity index is 1.54. The number of nitrogens with zero attached hydrogens (tertiary/aromatic N) is 1. The van der Waals surface area contributed by atoms with E-state index in [0.29, 0.717) is 0 Å². The number of para-hydroxylation sites is 4. The third-order valence-electron chi connectivity index (χ3n) is 6.17. The number of benzene rings is 4. The van der Waals surface area contributed by atoms with E-state index in [1.807, 2.05) is 50.5 Å². The van der Waals surface area contributed by atoms with Gasteiger partial charge in [-0.25, -0.2) is 0 Å². The fraction of sp³-hybridized carbons (Fsp3) is 0.0690. The number of furan rings is 2. The monoisotopic (exact) mass is 430 g/mol. The summed E-state index contributed by atoms with van der Waals surface area (Å²) in [4.78, 5) is 4.62. The van der Waals surface area contributed by atoms with Crippen LogP contribution >= 0.6 is 0 Å². The summed E-state index contributed by atoms with van der Waals surface area (Å²) in [5.41, 5.74) is 7.15. The first-order valence-electron chi connectivity index (χ1n) is 11.0. The molecule has 0 spiro atoms. The number of hydrogen-bond donors (Lipinski definition) is 1. The molecule has 0 fully saturated rings. The molecule has 2 heterocycles. The van der Waals surface area contributed by atoms with Gasteiger partial charge in [0.2, 0.25) is 0 Å². The van der Waals surface area contributed by atoms with Gasteiger partial charge in [0.15, 0.2) is 0 Å². The topological polar surface area (TPSA) is 50.7 Å². The summed E-state index contributed by atoms with van der Waals surface area (Å²) >= 11 is 0. The summed E-state index contributed by atoms with van der Waals surface area (Å²) in [7, 11) is 3.73. The zero-order valence-electron chi connectivity index (χ0n) is 18.4. The van der Waals surface area contributed by atoms with Gasteiger partial charge in [-0.3, -0.25) is 4.99 Å². The first-order valence-corrected chi connectivity index (χ1v) is 11.0. The van der Waals surface area contributed by atoms with E-state index in [9.17, 15) is 0 Å². The van der Waals surface area contributed by atoms with Crippen LogP contribution in [-0.2, 0) is 0 Å². The minimum Gasteiger partial charge on any atom is -0.455 e. The van der Waals surface area contributed by atoms with Crippen molar-refractivity contribution in [1.29, 1.82) is 0 Å². The predicted octanol–water partition coefficient (Wildman–Crippen LogP) is 7.16. The van der Waals surface area contributed by atoms with E-state index in [0.717, 1.165) is 66.4 Å². The molecule has 33 heavy (non-hydrogen) atoms. The Hall–Kier alpha value is -4.31. The van der Waals surface area contributed by atoms with Crippen LogP contribution in [0.15, 0.2) is 105 Å². The number of rotatable bonds is 4. The van der Waals surface area contributed by atoms with Crippen LogP contribution in [0.4, 0.5) is 0 Å². The van der Waals surface area contributed by atoms with Gasteiger partial charge in [-0.15, -0.1) is 0 Å². The Morgan fingerprint density at radius 2 is 1.18 bits per heavy atom. The molecule has 4 nitrogen and oxygen atoms in total. The average molecular weight is 431 g/mol. The maximum absolute atomic E-state index is 6.26. The Bertz CT molecular complexity index is 1720. The summed E-state index contributed by atoms with van der Waals surface area (Å²) in [5, 5.41) is 7.75. The van der Waals surface area contributed by atoms with Crippen LogP contribution in [0.1, 0.15) is 11.1 Å². The predicted molar refractivity (Wildman–Crippen MR) is 137 cm³/mol. The lowest BCUT2D eigenvalue weighted by Crippen LogP contribution is -2.09. The van der Waals surface area contributed by atoms with Gasteiger partial charge >= 0.3 is 0 Å². The lowest BCUT2D eigenvalue weighted by Gasteiger charge is -2.10. The first kappa shape index (κ1) is 19.4. The van der Waals surface area contributed by atoms with E-state index in [1.54, 1.807) is 0 Å². The number of allylic oxidation sites excluding steroid dienone is 1. The van der Waals surface area contributed by atoms with E-state index in [1.165, 1.54) is 0 Å². The molecule has 160 valence electrons. The van der Waals surface area contributed by atoms with Crippen LogP contribution in [-0.4, -0.2) is 19.8 Å². The van der Waals surface area contributed by atoms with Gasteiger partial charge in [-0.1, -0.05) is 60.7 Å². The fourth-order valence-electron chi connectivity index (χ4n) is 4.59. The highest BCUT2D eigenvalue weighted by atomic mass is 16.3. The quantitative estimate of drug-likeness (QED) is 0.302. The molecular weight excluding hydrogens is 408 g/mol. The number of fused-ring (bicyclic) bond motifs is 6. The smallest absolute Gasteiger partial charge is 0.144 e. The SMILES string of the molecule is CN=C(/C=C(\NC)c1cccc2c1oc1ccccc12)c1cccc2c1oc1ccccc12. The van der Waals surface area contributed by atoms with Crippen LogP contribution in [0.5, 0.6) is 0 Å². The van der Waals surface area contributed by atoms with Crippen molar-refractivity contribution in [1.82, 2.24) is 5.32 Å². The van der Waals surface area contributed by atoms with Gasteiger partial charge in [0.05, 0.1) is 5.71 Å². The highest BCUT2D eigenvalue weighted by Gasteiger charge is 2.16. The average Bonchev–Trinajstić information content (AvgIpc) is 3.44. The molecule has 0 saturated heterocycles. The molecule has 6 aromatic rings. The molecule has 0 bridgehead atoms. The van der Waals surface area contributed by atoms with E-state index in [-0.39, 0.29) is 0 Å². The minimum absolute atomic E-state index is 0.831. The Morgan fingerprint density at radius 3 is 1.76 bits per heavy atom. The molecule has 0 amide bonds. The summed E-state index contributed by atoms with van der Waals surface area (Å²) in [6.45, 7) is 0. The molecule has 4 aromatic carbocycles. The second-order valence-electron chi connectivity index (χ2n) is 7.98. The molecule has 0 aliphatic rings.